The van der Waals surface area contributed by atoms with Gasteiger partial charge in [0.1, 0.15) is 0 Å². The van der Waals surface area contributed by atoms with Crippen molar-refractivity contribution in [2.24, 2.45) is 5.73 Å². The minimum absolute atomic E-state index is 0.353. The van der Waals surface area contributed by atoms with Crippen LogP contribution in [0.2, 0.25) is 0 Å². The van der Waals surface area contributed by atoms with Crippen molar-refractivity contribution in [1.82, 2.24) is 4.98 Å². The van der Waals surface area contributed by atoms with E-state index in [9.17, 15) is 0 Å². The molecule has 3 rings (SSSR count). The highest BCUT2D eigenvalue weighted by molar-refractivity contribution is 5.62. The van der Waals surface area contributed by atoms with Gasteiger partial charge in [-0.1, -0.05) is 12.1 Å². The first-order chi connectivity index (χ1) is 8.78. The number of benzene rings is 1. The van der Waals surface area contributed by atoms with Crippen molar-refractivity contribution in [3.63, 3.8) is 0 Å². The van der Waals surface area contributed by atoms with E-state index < -0.39 is 0 Å². The van der Waals surface area contributed by atoms with Crippen molar-refractivity contribution < 1.29 is 4.42 Å². The molecule has 1 aliphatic carbocycles. The zero-order chi connectivity index (χ0) is 12.5. The van der Waals surface area contributed by atoms with Gasteiger partial charge in [0.2, 0.25) is 5.89 Å². The maximum atomic E-state index is 5.70. The lowest BCUT2D eigenvalue weighted by molar-refractivity contribution is 0.509. The first-order valence-corrected chi connectivity index (χ1v) is 6.56. The van der Waals surface area contributed by atoms with Gasteiger partial charge in [-0.05, 0) is 49.8 Å². The van der Waals surface area contributed by atoms with Gasteiger partial charge in [-0.15, -0.1) is 0 Å². The molecule has 0 unspecified atom stereocenters. The fourth-order valence-electron chi connectivity index (χ4n) is 2.68. The van der Waals surface area contributed by atoms with Crippen LogP contribution in [0.5, 0.6) is 0 Å². The number of hydrogen-bond acceptors (Lipinski definition) is 3. The number of hydrogen-bond donors (Lipinski definition) is 1. The number of nitrogens with two attached hydrogens (primary N) is 1. The molecular weight excluding hydrogens is 224 g/mol. The average molecular weight is 242 g/mol. The van der Waals surface area contributed by atoms with Crippen LogP contribution in [0.4, 0.5) is 0 Å². The molecule has 1 aromatic carbocycles. The number of nitrogens with zero attached hydrogens (tertiary/aromatic N) is 1. The van der Waals surface area contributed by atoms with E-state index in [2.05, 4.69) is 23.2 Å². The molecule has 1 aromatic heterocycles. The predicted octanol–water partition coefficient (Wildman–Crippen LogP) is 2.99. The summed E-state index contributed by atoms with van der Waals surface area (Å²) in [6.45, 7) is 2.32. The van der Waals surface area contributed by atoms with E-state index in [1.165, 1.54) is 36.8 Å². The molecule has 94 valence electrons. The second-order valence-electron chi connectivity index (χ2n) is 4.92. The normalized spacial score (nSPS) is 14.6. The lowest BCUT2D eigenvalue weighted by atomic mass is 9.90. The minimum Gasteiger partial charge on any atom is -0.439 e. The first-order valence-electron chi connectivity index (χ1n) is 6.56. The van der Waals surface area contributed by atoms with Crippen molar-refractivity contribution in [2.45, 2.75) is 39.2 Å². The molecule has 1 aliphatic rings. The lowest BCUT2D eigenvalue weighted by Gasteiger charge is -2.16. The molecule has 2 N–H and O–H groups in total. The summed E-state index contributed by atoms with van der Waals surface area (Å²) in [6, 6.07) is 6.62. The molecule has 0 spiro atoms. The van der Waals surface area contributed by atoms with E-state index in [1.54, 1.807) is 0 Å². The molecule has 0 saturated heterocycles. The monoisotopic (exact) mass is 242 g/mol. The molecule has 0 fully saturated rings. The van der Waals surface area contributed by atoms with Crippen LogP contribution in [0.3, 0.4) is 0 Å². The van der Waals surface area contributed by atoms with E-state index in [0.29, 0.717) is 12.4 Å². The fourth-order valence-corrected chi connectivity index (χ4v) is 2.68. The third-order valence-electron chi connectivity index (χ3n) is 3.63. The Morgan fingerprint density at radius 3 is 2.72 bits per heavy atom. The summed E-state index contributed by atoms with van der Waals surface area (Å²) in [5.74, 6) is 1.48. The van der Waals surface area contributed by atoms with Crippen LogP contribution in [0.25, 0.3) is 11.3 Å². The van der Waals surface area contributed by atoms with E-state index in [0.717, 1.165) is 17.0 Å². The molecule has 0 aliphatic heterocycles. The summed E-state index contributed by atoms with van der Waals surface area (Å²) in [5, 5.41) is 0. The largest absolute Gasteiger partial charge is 0.439 e. The van der Waals surface area contributed by atoms with Gasteiger partial charge in [0.15, 0.2) is 5.76 Å². The molecule has 3 heteroatoms. The van der Waals surface area contributed by atoms with E-state index in [1.807, 2.05) is 6.92 Å². The smallest absolute Gasteiger partial charge is 0.208 e. The number of fused-ring (bicyclic) bond motifs is 1. The predicted molar refractivity (Wildman–Crippen MR) is 71.2 cm³/mol. The number of aromatic nitrogens is 1. The van der Waals surface area contributed by atoms with Gasteiger partial charge in [-0.25, -0.2) is 4.98 Å². The van der Waals surface area contributed by atoms with Gasteiger partial charge in [0, 0.05) is 5.56 Å². The van der Waals surface area contributed by atoms with Crippen molar-refractivity contribution >= 4 is 0 Å². The Hall–Kier alpha value is -1.61. The standard InChI is InChI=1S/C15H18N2O/c1-10-15(18-14(9-16)17-10)13-7-6-11-4-2-3-5-12(11)8-13/h6-8H,2-5,9,16H2,1H3. The van der Waals surface area contributed by atoms with Crippen LogP contribution in [0.15, 0.2) is 22.6 Å². The highest BCUT2D eigenvalue weighted by atomic mass is 16.4. The van der Waals surface area contributed by atoms with Crippen molar-refractivity contribution in [1.29, 1.82) is 0 Å². The van der Waals surface area contributed by atoms with E-state index >= 15 is 0 Å². The number of aryl methyl sites for hydroxylation is 3. The Morgan fingerprint density at radius 1 is 1.22 bits per heavy atom. The summed E-state index contributed by atoms with van der Waals surface area (Å²) in [4.78, 5) is 4.33. The van der Waals surface area contributed by atoms with Crippen LogP contribution >= 0.6 is 0 Å². The van der Waals surface area contributed by atoms with E-state index in [-0.39, 0.29) is 0 Å². The highest BCUT2D eigenvalue weighted by Crippen LogP contribution is 2.29. The van der Waals surface area contributed by atoms with Crippen molar-refractivity contribution in [3.8, 4) is 11.3 Å². The second kappa shape index (κ2) is 4.58. The fraction of sp³-hybridized carbons (Fsp3) is 0.400. The topological polar surface area (TPSA) is 52.0 Å². The molecule has 0 amide bonds. The van der Waals surface area contributed by atoms with Gasteiger partial charge in [-0.2, -0.15) is 0 Å². The maximum absolute atomic E-state index is 5.70. The molecule has 3 nitrogen and oxygen atoms in total. The Balaban J connectivity index is 2.03. The van der Waals surface area contributed by atoms with Crippen LogP contribution in [-0.4, -0.2) is 4.98 Å². The van der Waals surface area contributed by atoms with Crippen LogP contribution in [0, 0.1) is 6.92 Å². The van der Waals surface area contributed by atoms with Gasteiger partial charge in [-0.3, -0.25) is 0 Å². The third kappa shape index (κ3) is 1.95. The Morgan fingerprint density at radius 2 is 2.00 bits per heavy atom. The summed E-state index contributed by atoms with van der Waals surface area (Å²) in [7, 11) is 0. The molecule has 0 saturated carbocycles. The molecule has 0 bridgehead atoms. The van der Waals surface area contributed by atoms with Gasteiger partial charge in [0.05, 0.1) is 12.2 Å². The SMILES string of the molecule is Cc1nc(CN)oc1-c1ccc2c(c1)CCCC2. The lowest BCUT2D eigenvalue weighted by Crippen LogP contribution is -2.02. The summed E-state index contributed by atoms with van der Waals surface area (Å²) in [5.41, 5.74) is 10.6. The molecule has 1 heterocycles. The molecule has 0 radical (unpaired) electrons. The number of oxazole rings is 1. The van der Waals surface area contributed by atoms with Gasteiger partial charge in [0.25, 0.3) is 0 Å². The Labute approximate surface area is 107 Å². The summed E-state index contributed by atoms with van der Waals surface area (Å²) in [6.07, 6.45) is 4.99. The van der Waals surface area contributed by atoms with Gasteiger partial charge < -0.3 is 10.2 Å². The highest BCUT2D eigenvalue weighted by Gasteiger charge is 2.14. The Kier molecular flexibility index (Phi) is 2.92. The summed E-state index contributed by atoms with van der Waals surface area (Å²) < 4.78 is 5.70. The van der Waals surface area contributed by atoms with E-state index in [4.69, 9.17) is 10.2 Å². The molecule has 2 aromatic rings. The number of rotatable bonds is 2. The average Bonchev–Trinajstić information content (AvgIpc) is 2.79. The van der Waals surface area contributed by atoms with Crippen LogP contribution in [-0.2, 0) is 19.4 Å². The van der Waals surface area contributed by atoms with Crippen LogP contribution < -0.4 is 5.73 Å². The minimum atomic E-state index is 0.353. The zero-order valence-electron chi connectivity index (χ0n) is 10.7. The molecular formula is C15H18N2O. The summed E-state index contributed by atoms with van der Waals surface area (Å²) >= 11 is 0. The Bertz CT molecular complexity index is 572. The van der Waals surface area contributed by atoms with Gasteiger partial charge >= 0.3 is 0 Å². The zero-order valence-corrected chi connectivity index (χ0v) is 10.7. The maximum Gasteiger partial charge on any atom is 0.208 e. The van der Waals surface area contributed by atoms with Crippen LogP contribution in [0.1, 0.15) is 35.6 Å². The molecule has 0 atom stereocenters. The molecule has 18 heavy (non-hydrogen) atoms. The van der Waals surface area contributed by atoms with Crippen molar-refractivity contribution in [3.05, 3.63) is 40.9 Å². The third-order valence-corrected chi connectivity index (χ3v) is 3.63. The second-order valence-corrected chi connectivity index (χ2v) is 4.92. The van der Waals surface area contributed by atoms with Crippen molar-refractivity contribution in [2.75, 3.05) is 0 Å². The first kappa shape index (κ1) is 11.5. The quantitative estimate of drug-likeness (QED) is 0.880.